The lowest BCUT2D eigenvalue weighted by molar-refractivity contribution is 0.0975. The van der Waals surface area contributed by atoms with Crippen molar-refractivity contribution in [1.29, 1.82) is 0 Å². The minimum atomic E-state index is -1.69. The summed E-state index contributed by atoms with van der Waals surface area (Å²) in [5.41, 5.74) is 5.89. The van der Waals surface area contributed by atoms with Crippen LogP contribution in [-0.4, -0.2) is 15.6 Å². The van der Waals surface area contributed by atoms with Crippen LogP contribution in [0.25, 0.3) is 0 Å². The first-order chi connectivity index (χ1) is 7.71. The number of nitrogens with two attached hydrogens (primary N) is 1. The van der Waals surface area contributed by atoms with Crippen molar-refractivity contribution in [1.82, 2.24) is 0 Å². The largest absolute Gasteiger partial charge is 0.324 e. The van der Waals surface area contributed by atoms with Gasteiger partial charge in [-0.2, -0.15) is 0 Å². The highest BCUT2D eigenvalue weighted by atomic mass is 35.6. The normalized spacial score (nSPS) is 13.5. The number of halogens is 5. The van der Waals surface area contributed by atoms with Crippen LogP contribution >= 0.6 is 58.0 Å². The molecule has 0 bridgehead atoms. The van der Waals surface area contributed by atoms with Crippen LogP contribution in [-0.2, 0) is 0 Å². The molecule has 17 heavy (non-hydrogen) atoms. The summed E-state index contributed by atoms with van der Waals surface area (Å²) in [6, 6.07) is 3.64. The Bertz CT molecular complexity index is 429. The van der Waals surface area contributed by atoms with E-state index in [1.54, 1.807) is 6.07 Å². The summed E-state index contributed by atoms with van der Waals surface area (Å²) in [5.74, 6) is -0.300. The first kappa shape index (κ1) is 15.4. The van der Waals surface area contributed by atoms with Gasteiger partial charge in [-0.05, 0) is 18.2 Å². The van der Waals surface area contributed by atoms with E-state index >= 15 is 0 Å². The van der Waals surface area contributed by atoms with Crippen molar-refractivity contribution in [2.45, 2.75) is 16.3 Å². The van der Waals surface area contributed by atoms with Crippen molar-refractivity contribution < 1.29 is 4.79 Å². The second-order valence-corrected chi connectivity index (χ2v) is 6.61. The van der Waals surface area contributed by atoms with E-state index in [-0.39, 0.29) is 17.2 Å². The van der Waals surface area contributed by atoms with Crippen molar-refractivity contribution in [3.05, 3.63) is 33.8 Å². The van der Waals surface area contributed by atoms with Crippen molar-refractivity contribution in [2.75, 3.05) is 0 Å². The van der Waals surface area contributed by atoms with E-state index < -0.39 is 9.83 Å². The summed E-state index contributed by atoms with van der Waals surface area (Å²) in [7, 11) is 0. The molecule has 2 N–H and O–H groups in total. The van der Waals surface area contributed by atoms with Crippen LogP contribution in [0.5, 0.6) is 0 Å². The van der Waals surface area contributed by atoms with Crippen LogP contribution in [0.15, 0.2) is 18.2 Å². The summed E-state index contributed by atoms with van der Waals surface area (Å²) >= 11 is 28.3. The van der Waals surface area contributed by atoms with Gasteiger partial charge in [0, 0.05) is 17.0 Å². The molecule has 0 saturated heterocycles. The van der Waals surface area contributed by atoms with Crippen molar-refractivity contribution >= 4 is 63.8 Å². The maximum atomic E-state index is 11.9. The SMILES string of the molecule is N[C@@H](CC(=O)c1ccc(Cl)cc1Cl)C(Cl)(Cl)Cl. The molecule has 0 heterocycles. The minimum absolute atomic E-state index is 0.113. The predicted octanol–water partition coefficient (Wildman–Crippen LogP) is 4.26. The Balaban J connectivity index is 2.84. The van der Waals surface area contributed by atoms with Gasteiger partial charge in [-0.15, -0.1) is 0 Å². The van der Waals surface area contributed by atoms with Crippen molar-refractivity contribution in [3.8, 4) is 0 Å². The lowest BCUT2D eigenvalue weighted by Crippen LogP contribution is -2.36. The van der Waals surface area contributed by atoms with E-state index in [9.17, 15) is 4.79 Å². The minimum Gasteiger partial charge on any atom is -0.324 e. The van der Waals surface area contributed by atoms with Gasteiger partial charge in [-0.3, -0.25) is 4.79 Å². The first-order valence-electron chi connectivity index (χ1n) is 4.52. The summed E-state index contributed by atoms with van der Waals surface area (Å²) in [6.45, 7) is 0. The average molecular weight is 335 g/mol. The molecule has 1 aromatic rings. The molecule has 94 valence electrons. The van der Waals surface area contributed by atoms with Crippen LogP contribution in [0.3, 0.4) is 0 Å². The van der Waals surface area contributed by atoms with E-state index in [4.69, 9.17) is 63.7 Å². The Kier molecular flexibility index (Phi) is 5.39. The molecule has 7 heteroatoms. The lowest BCUT2D eigenvalue weighted by Gasteiger charge is -2.19. The molecule has 0 spiro atoms. The van der Waals surface area contributed by atoms with E-state index in [1.165, 1.54) is 12.1 Å². The molecular weight excluding hydrogens is 327 g/mol. The highest BCUT2D eigenvalue weighted by Crippen LogP contribution is 2.32. The van der Waals surface area contributed by atoms with Crippen molar-refractivity contribution in [3.63, 3.8) is 0 Å². The maximum absolute atomic E-state index is 11.9. The van der Waals surface area contributed by atoms with Gasteiger partial charge in [0.25, 0.3) is 0 Å². The van der Waals surface area contributed by atoms with Crippen LogP contribution in [0, 0.1) is 0 Å². The Labute approximate surface area is 124 Å². The Hall–Kier alpha value is 0.300. The molecule has 1 aromatic carbocycles. The van der Waals surface area contributed by atoms with Gasteiger partial charge >= 0.3 is 0 Å². The number of benzene rings is 1. The highest BCUT2D eigenvalue weighted by Gasteiger charge is 2.31. The molecule has 1 rings (SSSR count). The molecule has 0 aliphatic heterocycles. The fourth-order valence-corrected chi connectivity index (χ4v) is 1.89. The van der Waals surface area contributed by atoms with Gasteiger partial charge in [0.05, 0.1) is 11.1 Å². The third kappa shape index (κ3) is 4.47. The number of hydrogen-bond donors (Lipinski definition) is 1. The Morgan fingerprint density at radius 2 is 1.88 bits per heavy atom. The molecule has 0 saturated carbocycles. The smallest absolute Gasteiger partial charge is 0.205 e. The standard InChI is InChI=1S/C10H8Cl5NO/c11-5-1-2-6(7(12)3-5)8(17)4-9(16)10(13,14)15/h1-3,9H,4,16H2/t9-/m0/s1. The third-order valence-electron chi connectivity index (χ3n) is 2.06. The molecule has 0 aliphatic carbocycles. The Morgan fingerprint density at radius 3 is 2.35 bits per heavy atom. The van der Waals surface area contributed by atoms with Gasteiger partial charge in [0.1, 0.15) is 0 Å². The van der Waals surface area contributed by atoms with Crippen molar-refractivity contribution in [2.24, 2.45) is 5.73 Å². The van der Waals surface area contributed by atoms with E-state index in [1.807, 2.05) is 0 Å². The molecule has 0 aliphatic rings. The van der Waals surface area contributed by atoms with Gasteiger partial charge in [0.2, 0.25) is 3.79 Å². The number of alkyl halides is 3. The number of hydrogen-bond acceptors (Lipinski definition) is 2. The fraction of sp³-hybridized carbons (Fsp3) is 0.300. The topological polar surface area (TPSA) is 43.1 Å². The summed E-state index contributed by atoms with van der Waals surface area (Å²) in [5, 5.41) is 0.691. The number of ketones is 1. The molecule has 0 radical (unpaired) electrons. The first-order valence-corrected chi connectivity index (χ1v) is 6.41. The van der Waals surface area contributed by atoms with E-state index in [2.05, 4.69) is 0 Å². The molecule has 0 amide bonds. The molecule has 2 nitrogen and oxygen atoms in total. The number of carbonyl (C=O) groups is 1. The predicted molar refractivity (Wildman–Crippen MR) is 73.7 cm³/mol. The highest BCUT2D eigenvalue weighted by molar-refractivity contribution is 6.68. The Morgan fingerprint density at radius 1 is 1.29 bits per heavy atom. The van der Waals surface area contributed by atoms with Crippen LogP contribution in [0.4, 0.5) is 0 Å². The zero-order chi connectivity index (χ0) is 13.2. The van der Waals surface area contributed by atoms with Crippen LogP contribution in [0.2, 0.25) is 10.0 Å². The van der Waals surface area contributed by atoms with Gasteiger partial charge in [0.15, 0.2) is 5.78 Å². The van der Waals surface area contributed by atoms with Gasteiger partial charge in [-0.1, -0.05) is 58.0 Å². The quantitative estimate of drug-likeness (QED) is 0.662. The number of carbonyl (C=O) groups excluding carboxylic acids is 1. The molecule has 0 fully saturated rings. The van der Waals surface area contributed by atoms with E-state index in [0.29, 0.717) is 10.6 Å². The van der Waals surface area contributed by atoms with Crippen LogP contribution < -0.4 is 5.73 Å². The molecular formula is C10H8Cl5NO. The summed E-state index contributed by atoms with van der Waals surface area (Å²) in [4.78, 5) is 11.9. The second kappa shape index (κ2) is 5.96. The van der Waals surface area contributed by atoms with Crippen LogP contribution in [0.1, 0.15) is 16.8 Å². The zero-order valence-electron chi connectivity index (χ0n) is 8.39. The second-order valence-electron chi connectivity index (χ2n) is 3.40. The summed E-state index contributed by atoms with van der Waals surface area (Å²) < 4.78 is -1.69. The molecule has 0 aromatic heterocycles. The number of rotatable bonds is 3. The summed E-state index contributed by atoms with van der Waals surface area (Å²) in [6.07, 6.45) is -0.113. The van der Waals surface area contributed by atoms with E-state index in [0.717, 1.165) is 0 Å². The zero-order valence-corrected chi connectivity index (χ0v) is 12.2. The average Bonchev–Trinajstić information content (AvgIpc) is 2.15. The maximum Gasteiger partial charge on any atom is 0.205 e. The van der Waals surface area contributed by atoms with Gasteiger partial charge < -0.3 is 5.73 Å². The fourth-order valence-electron chi connectivity index (χ4n) is 1.14. The molecule has 0 unspecified atom stereocenters. The lowest BCUT2D eigenvalue weighted by atomic mass is 10.0. The number of Topliss-reactive ketones (excluding diaryl/α,β-unsaturated/α-hetero) is 1. The molecule has 1 atom stereocenters. The monoisotopic (exact) mass is 333 g/mol. The third-order valence-corrected chi connectivity index (χ3v) is 3.45. The van der Waals surface area contributed by atoms with Gasteiger partial charge in [-0.25, -0.2) is 0 Å².